The van der Waals surface area contributed by atoms with E-state index in [4.69, 9.17) is 0 Å². The Morgan fingerprint density at radius 1 is 1.37 bits per heavy atom. The number of nitrogens with zero attached hydrogens (tertiary/aromatic N) is 3. The zero-order chi connectivity index (χ0) is 13.7. The molecular formula is C13H20N4O2. The fourth-order valence-corrected chi connectivity index (χ4v) is 2.29. The second kappa shape index (κ2) is 6.47. The van der Waals surface area contributed by atoms with Gasteiger partial charge in [-0.1, -0.05) is 0 Å². The average Bonchev–Trinajstić information content (AvgIpc) is 2.46. The number of likely N-dealkylation sites (N-methyl/N-ethyl adjacent to an activating group) is 1. The van der Waals surface area contributed by atoms with Crippen molar-refractivity contribution in [2.24, 2.45) is 0 Å². The lowest BCUT2D eigenvalue weighted by Crippen LogP contribution is -3.14. The summed E-state index contributed by atoms with van der Waals surface area (Å²) in [5.41, 5.74) is 0.700. The number of carboxylic acids is 1. The molecule has 1 saturated heterocycles. The van der Waals surface area contributed by atoms with E-state index >= 15 is 0 Å². The topological polar surface area (TPSA) is 73.6 Å². The van der Waals surface area contributed by atoms with Crippen LogP contribution in [0.5, 0.6) is 0 Å². The van der Waals surface area contributed by atoms with Crippen LogP contribution in [0.3, 0.4) is 0 Å². The van der Waals surface area contributed by atoms with Crippen molar-refractivity contribution >= 4 is 11.8 Å². The van der Waals surface area contributed by atoms with Gasteiger partial charge in [0.1, 0.15) is 0 Å². The second-order valence-electron chi connectivity index (χ2n) is 4.85. The van der Waals surface area contributed by atoms with Crippen molar-refractivity contribution in [3.05, 3.63) is 17.8 Å². The summed E-state index contributed by atoms with van der Waals surface area (Å²) in [6.45, 7) is 7.63. The number of aliphatic carboxylic acids is 1. The lowest BCUT2D eigenvalue weighted by Gasteiger charge is -2.32. The Balaban J connectivity index is 1.89. The molecule has 0 saturated carbocycles. The Morgan fingerprint density at radius 3 is 2.63 bits per heavy atom. The first kappa shape index (κ1) is 13.7. The summed E-state index contributed by atoms with van der Waals surface area (Å²) in [5.74, 6) is -0.170. The molecule has 104 valence electrons. The number of piperazine rings is 1. The minimum Gasteiger partial charge on any atom is -0.550 e. The van der Waals surface area contributed by atoms with Crippen molar-refractivity contribution in [1.29, 1.82) is 0 Å². The lowest BCUT2D eigenvalue weighted by atomic mass is 10.2. The summed E-state index contributed by atoms with van der Waals surface area (Å²) in [5, 5.41) is 18.6. The Bertz CT molecular complexity index is 413. The third-order valence-electron chi connectivity index (χ3n) is 3.59. The monoisotopic (exact) mass is 264 g/mol. The van der Waals surface area contributed by atoms with Crippen LogP contribution in [0.2, 0.25) is 0 Å². The first-order valence-electron chi connectivity index (χ1n) is 6.80. The molecule has 1 N–H and O–H groups in total. The lowest BCUT2D eigenvalue weighted by molar-refractivity contribution is -0.898. The van der Waals surface area contributed by atoms with Crippen LogP contribution in [0, 0.1) is 0 Å². The van der Waals surface area contributed by atoms with Gasteiger partial charge < -0.3 is 19.7 Å². The van der Waals surface area contributed by atoms with Gasteiger partial charge in [0.2, 0.25) is 0 Å². The zero-order valence-corrected chi connectivity index (χ0v) is 11.3. The fourth-order valence-electron chi connectivity index (χ4n) is 2.29. The molecule has 1 fully saturated rings. The summed E-state index contributed by atoms with van der Waals surface area (Å²) < 4.78 is 0. The predicted octanol–water partition coefficient (Wildman–Crippen LogP) is -2.12. The third-order valence-corrected chi connectivity index (χ3v) is 3.59. The molecule has 2 heterocycles. The van der Waals surface area contributed by atoms with Gasteiger partial charge in [0.05, 0.1) is 38.4 Å². The molecule has 0 bridgehead atoms. The SMILES string of the molecule is CC[NH+]1CCN(c2ccc(CCC(=O)[O-])nn2)CC1. The minimum atomic E-state index is -1.05. The number of carbonyl (C=O) groups is 1. The molecule has 0 amide bonds. The number of carboxylic acid groups (broad SMARTS) is 1. The van der Waals surface area contributed by atoms with Crippen LogP contribution in [-0.4, -0.2) is 48.9 Å². The summed E-state index contributed by atoms with van der Waals surface area (Å²) >= 11 is 0. The van der Waals surface area contributed by atoms with E-state index in [1.807, 2.05) is 12.1 Å². The van der Waals surface area contributed by atoms with E-state index in [9.17, 15) is 9.90 Å². The number of aromatic nitrogens is 2. The van der Waals surface area contributed by atoms with Gasteiger partial charge in [-0.15, -0.1) is 5.10 Å². The zero-order valence-electron chi connectivity index (χ0n) is 11.3. The number of hydrogen-bond donors (Lipinski definition) is 1. The summed E-state index contributed by atoms with van der Waals surface area (Å²) in [6, 6.07) is 3.78. The Kier molecular flexibility index (Phi) is 4.68. The van der Waals surface area contributed by atoms with Crippen LogP contribution < -0.4 is 14.9 Å². The maximum Gasteiger partial charge on any atom is 0.151 e. The number of aryl methyl sites for hydroxylation is 1. The molecule has 1 aromatic heterocycles. The van der Waals surface area contributed by atoms with Crippen LogP contribution >= 0.6 is 0 Å². The number of nitrogens with one attached hydrogen (secondary N) is 1. The van der Waals surface area contributed by atoms with Gasteiger partial charge in [0, 0.05) is 5.97 Å². The Hall–Kier alpha value is -1.69. The van der Waals surface area contributed by atoms with Gasteiger partial charge >= 0.3 is 0 Å². The molecule has 6 nitrogen and oxygen atoms in total. The minimum absolute atomic E-state index is 0.00738. The fraction of sp³-hybridized carbons (Fsp3) is 0.615. The summed E-state index contributed by atoms with van der Waals surface area (Å²) in [4.78, 5) is 14.2. The predicted molar refractivity (Wildman–Crippen MR) is 68.8 cm³/mol. The molecular weight excluding hydrogens is 244 g/mol. The smallest absolute Gasteiger partial charge is 0.151 e. The Morgan fingerprint density at radius 2 is 2.11 bits per heavy atom. The van der Waals surface area contributed by atoms with Crippen LogP contribution in [0.4, 0.5) is 5.82 Å². The van der Waals surface area contributed by atoms with E-state index in [-0.39, 0.29) is 6.42 Å². The molecule has 1 aromatic rings. The van der Waals surface area contributed by atoms with E-state index in [1.165, 1.54) is 6.54 Å². The summed E-state index contributed by atoms with van der Waals surface area (Å²) in [7, 11) is 0. The van der Waals surface area contributed by atoms with E-state index in [2.05, 4.69) is 22.0 Å². The molecule has 0 aromatic carbocycles. The molecule has 1 aliphatic rings. The molecule has 0 radical (unpaired) electrons. The number of anilines is 1. The van der Waals surface area contributed by atoms with Gasteiger partial charge in [-0.05, 0) is 31.9 Å². The number of hydrogen-bond acceptors (Lipinski definition) is 5. The van der Waals surface area contributed by atoms with Crippen molar-refractivity contribution in [1.82, 2.24) is 10.2 Å². The average molecular weight is 264 g/mol. The van der Waals surface area contributed by atoms with Crippen molar-refractivity contribution in [3.8, 4) is 0 Å². The van der Waals surface area contributed by atoms with Gasteiger partial charge in [-0.3, -0.25) is 0 Å². The Labute approximate surface area is 113 Å². The largest absolute Gasteiger partial charge is 0.550 e. The number of rotatable bonds is 5. The van der Waals surface area contributed by atoms with Crippen molar-refractivity contribution in [2.75, 3.05) is 37.6 Å². The molecule has 0 unspecified atom stereocenters. The maximum atomic E-state index is 10.4. The van der Waals surface area contributed by atoms with Gasteiger partial charge in [-0.2, -0.15) is 5.10 Å². The van der Waals surface area contributed by atoms with Crippen LogP contribution in [0.25, 0.3) is 0 Å². The standard InChI is InChI=1S/C13H20N4O2/c1-2-16-7-9-17(10-8-16)12-5-3-11(14-15-12)4-6-13(18)19/h3,5H,2,4,6-10H2,1H3,(H,18,19). The van der Waals surface area contributed by atoms with Gasteiger partial charge in [-0.25, -0.2) is 0 Å². The molecule has 0 atom stereocenters. The molecule has 0 spiro atoms. The van der Waals surface area contributed by atoms with Crippen molar-refractivity contribution in [2.45, 2.75) is 19.8 Å². The van der Waals surface area contributed by atoms with Crippen molar-refractivity contribution in [3.63, 3.8) is 0 Å². The first-order chi connectivity index (χ1) is 9.19. The first-order valence-corrected chi connectivity index (χ1v) is 6.80. The normalized spacial score (nSPS) is 16.6. The maximum absolute atomic E-state index is 10.4. The van der Waals surface area contributed by atoms with Crippen LogP contribution in [0.1, 0.15) is 19.0 Å². The van der Waals surface area contributed by atoms with E-state index in [0.717, 1.165) is 32.0 Å². The number of quaternary nitrogens is 1. The molecule has 0 aliphatic carbocycles. The van der Waals surface area contributed by atoms with Gasteiger partial charge in [0.15, 0.2) is 5.82 Å². The number of carbonyl (C=O) groups excluding carboxylic acids is 1. The molecule has 1 aliphatic heterocycles. The highest BCUT2D eigenvalue weighted by molar-refractivity contribution is 5.64. The van der Waals surface area contributed by atoms with Crippen LogP contribution in [0.15, 0.2) is 12.1 Å². The van der Waals surface area contributed by atoms with Gasteiger partial charge in [0.25, 0.3) is 0 Å². The van der Waals surface area contributed by atoms with Crippen LogP contribution in [-0.2, 0) is 11.2 Å². The molecule has 19 heavy (non-hydrogen) atoms. The van der Waals surface area contributed by atoms with E-state index in [0.29, 0.717) is 12.1 Å². The van der Waals surface area contributed by atoms with Crippen molar-refractivity contribution < 1.29 is 14.8 Å². The quantitative estimate of drug-likeness (QED) is 0.658. The summed E-state index contributed by atoms with van der Waals surface area (Å²) in [6.07, 6.45) is 0.371. The third kappa shape index (κ3) is 3.89. The molecule has 2 rings (SSSR count). The highest BCUT2D eigenvalue weighted by Crippen LogP contribution is 2.10. The highest BCUT2D eigenvalue weighted by atomic mass is 16.4. The highest BCUT2D eigenvalue weighted by Gasteiger charge is 2.19. The van der Waals surface area contributed by atoms with E-state index < -0.39 is 5.97 Å². The second-order valence-corrected chi connectivity index (χ2v) is 4.85. The van der Waals surface area contributed by atoms with E-state index in [1.54, 1.807) is 4.90 Å². The molecule has 6 heteroatoms.